The number of hydrogen-bond acceptors (Lipinski definition) is 10. The van der Waals surface area contributed by atoms with Crippen LogP contribution in [-0.4, -0.2) is 72.8 Å². The van der Waals surface area contributed by atoms with E-state index >= 15 is 0 Å². The summed E-state index contributed by atoms with van der Waals surface area (Å²) < 4.78 is 11.1. The monoisotopic (exact) mass is 449 g/mol. The van der Waals surface area contributed by atoms with Crippen molar-refractivity contribution in [3.8, 4) is 5.75 Å². The molecule has 172 valence electrons. The van der Waals surface area contributed by atoms with E-state index in [1.165, 1.54) is 6.20 Å². The van der Waals surface area contributed by atoms with Crippen LogP contribution in [0.15, 0.2) is 47.9 Å². The SMILES string of the molecule is CN=CC(=CN)c1ccc(Nc2ncc3ccnc(N4CCOC(CO)C4)c3n2)c(OC)c1. The van der Waals surface area contributed by atoms with Gasteiger partial charge in [0.25, 0.3) is 0 Å². The maximum absolute atomic E-state index is 9.49. The summed E-state index contributed by atoms with van der Waals surface area (Å²) in [5.74, 6) is 1.77. The first-order valence-electron chi connectivity index (χ1n) is 10.6. The van der Waals surface area contributed by atoms with Crippen LogP contribution in [0.2, 0.25) is 0 Å². The number of fused-ring (bicyclic) bond motifs is 1. The van der Waals surface area contributed by atoms with Gasteiger partial charge in [0.2, 0.25) is 5.95 Å². The summed E-state index contributed by atoms with van der Waals surface area (Å²) in [6.45, 7) is 1.69. The second-order valence-electron chi connectivity index (χ2n) is 7.44. The molecule has 10 heteroatoms. The molecule has 1 aliphatic heterocycles. The zero-order valence-corrected chi connectivity index (χ0v) is 18.6. The molecule has 1 aliphatic rings. The highest BCUT2D eigenvalue weighted by Crippen LogP contribution is 2.31. The molecule has 0 saturated carbocycles. The van der Waals surface area contributed by atoms with Crippen LogP contribution in [0.3, 0.4) is 0 Å². The molecule has 33 heavy (non-hydrogen) atoms. The molecule has 3 aromatic rings. The predicted octanol–water partition coefficient (Wildman–Crippen LogP) is 1.97. The standard InChI is InChI=1S/C23H27N7O3/c1-25-11-17(10-24)15-3-4-19(20(9-15)32-2)28-23-27-12-16-5-6-26-22(21(16)29-23)30-7-8-33-18(13-30)14-31/h3-6,9-12,18,31H,7-8,13-14,24H2,1-2H3,(H,27,28,29). The maximum Gasteiger partial charge on any atom is 0.227 e. The fraction of sp³-hybridized carbons (Fsp3) is 0.304. The van der Waals surface area contributed by atoms with Gasteiger partial charge in [-0.25, -0.2) is 15.0 Å². The van der Waals surface area contributed by atoms with Crippen molar-refractivity contribution in [3.63, 3.8) is 0 Å². The largest absolute Gasteiger partial charge is 0.495 e. The van der Waals surface area contributed by atoms with E-state index < -0.39 is 0 Å². The molecular formula is C23H27N7O3. The highest BCUT2D eigenvalue weighted by molar-refractivity contribution is 6.09. The van der Waals surface area contributed by atoms with Gasteiger partial charge in [0.15, 0.2) is 5.82 Å². The Kier molecular flexibility index (Phi) is 6.96. The number of morpholine rings is 1. The summed E-state index contributed by atoms with van der Waals surface area (Å²) in [4.78, 5) is 19.9. The molecule has 2 aromatic heterocycles. The van der Waals surface area contributed by atoms with Crippen LogP contribution in [0.5, 0.6) is 5.75 Å². The molecule has 0 bridgehead atoms. The van der Waals surface area contributed by atoms with Crippen molar-refractivity contribution >= 4 is 40.1 Å². The number of methoxy groups -OCH3 is 1. The van der Waals surface area contributed by atoms with Crippen LogP contribution in [-0.2, 0) is 4.74 Å². The van der Waals surface area contributed by atoms with Gasteiger partial charge in [-0.1, -0.05) is 6.07 Å². The molecule has 1 saturated heterocycles. The van der Waals surface area contributed by atoms with E-state index in [0.717, 1.165) is 27.9 Å². The topological polar surface area (TPSA) is 131 Å². The lowest BCUT2D eigenvalue weighted by Crippen LogP contribution is -2.44. The predicted molar refractivity (Wildman–Crippen MR) is 129 cm³/mol. The van der Waals surface area contributed by atoms with Gasteiger partial charge in [-0.15, -0.1) is 0 Å². The first kappa shape index (κ1) is 22.4. The summed E-state index contributed by atoms with van der Waals surface area (Å²) in [7, 11) is 3.29. The molecule has 4 rings (SSSR count). The molecule has 1 atom stereocenters. The second-order valence-corrected chi connectivity index (χ2v) is 7.44. The minimum atomic E-state index is -0.247. The van der Waals surface area contributed by atoms with E-state index in [1.807, 2.05) is 24.3 Å². The summed E-state index contributed by atoms with van der Waals surface area (Å²) in [5.41, 5.74) is 8.82. The highest BCUT2D eigenvalue weighted by Gasteiger charge is 2.23. The lowest BCUT2D eigenvalue weighted by Gasteiger charge is -2.33. The summed E-state index contributed by atoms with van der Waals surface area (Å²) in [6, 6.07) is 7.55. The van der Waals surface area contributed by atoms with Crippen molar-refractivity contribution in [2.24, 2.45) is 10.7 Å². The molecular weight excluding hydrogens is 422 g/mol. The lowest BCUT2D eigenvalue weighted by atomic mass is 10.1. The quantitative estimate of drug-likeness (QED) is 0.463. The van der Waals surface area contributed by atoms with E-state index in [0.29, 0.717) is 37.1 Å². The van der Waals surface area contributed by atoms with Gasteiger partial charge in [-0.3, -0.25) is 4.99 Å². The molecule has 0 spiro atoms. The number of anilines is 3. The number of nitrogens with zero attached hydrogens (tertiary/aromatic N) is 5. The zero-order chi connectivity index (χ0) is 23.2. The minimum absolute atomic E-state index is 0.0377. The average Bonchev–Trinajstić information content (AvgIpc) is 2.87. The first-order valence-corrected chi connectivity index (χ1v) is 10.6. The Balaban J connectivity index is 1.66. The number of aliphatic hydroxyl groups is 1. The average molecular weight is 450 g/mol. The number of hydrogen-bond donors (Lipinski definition) is 3. The third-order valence-electron chi connectivity index (χ3n) is 5.35. The van der Waals surface area contributed by atoms with Gasteiger partial charge in [0.05, 0.1) is 32.1 Å². The summed E-state index contributed by atoms with van der Waals surface area (Å²) in [6.07, 6.45) is 6.44. The number of ether oxygens (including phenoxy) is 2. The summed E-state index contributed by atoms with van der Waals surface area (Å²) >= 11 is 0. The van der Waals surface area contributed by atoms with Crippen molar-refractivity contribution in [1.29, 1.82) is 0 Å². The Morgan fingerprint density at radius 2 is 2.27 bits per heavy atom. The van der Waals surface area contributed by atoms with Crippen LogP contribution in [0.1, 0.15) is 5.56 Å². The van der Waals surface area contributed by atoms with E-state index in [4.69, 9.17) is 20.2 Å². The van der Waals surface area contributed by atoms with Gasteiger partial charge < -0.3 is 30.5 Å². The molecule has 4 N–H and O–H groups in total. The lowest BCUT2D eigenvalue weighted by molar-refractivity contribution is 0.00343. The molecule has 3 heterocycles. The summed E-state index contributed by atoms with van der Waals surface area (Å²) in [5, 5.41) is 13.6. The number of pyridine rings is 1. The Bertz CT molecular complexity index is 1180. The van der Waals surface area contributed by atoms with Crippen molar-refractivity contribution < 1.29 is 14.6 Å². The van der Waals surface area contributed by atoms with Gasteiger partial charge in [0.1, 0.15) is 11.3 Å². The van der Waals surface area contributed by atoms with Crippen LogP contribution in [0, 0.1) is 0 Å². The Labute approximate surface area is 191 Å². The Morgan fingerprint density at radius 1 is 1.39 bits per heavy atom. The van der Waals surface area contributed by atoms with E-state index in [9.17, 15) is 5.11 Å². The minimum Gasteiger partial charge on any atom is -0.495 e. The molecule has 1 unspecified atom stereocenters. The fourth-order valence-electron chi connectivity index (χ4n) is 3.70. The Hall–Kier alpha value is -3.76. The van der Waals surface area contributed by atoms with Crippen molar-refractivity contribution in [2.45, 2.75) is 6.10 Å². The number of rotatable bonds is 7. The number of nitrogens with one attached hydrogen (secondary N) is 1. The molecule has 1 fully saturated rings. The van der Waals surface area contributed by atoms with Crippen molar-refractivity contribution in [1.82, 2.24) is 15.0 Å². The molecule has 10 nitrogen and oxygen atoms in total. The number of aliphatic imine (C=N–C) groups is 1. The van der Waals surface area contributed by atoms with Gasteiger partial charge in [0, 0.05) is 55.9 Å². The molecule has 0 aliphatic carbocycles. The highest BCUT2D eigenvalue weighted by atomic mass is 16.5. The molecule has 1 aromatic carbocycles. The van der Waals surface area contributed by atoms with Crippen LogP contribution in [0.25, 0.3) is 16.5 Å². The third-order valence-corrected chi connectivity index (χ3v) is 5.35. The van der Waals surface area contributed by atoms with Gasteiger partial charge in [-0.2, -0.15) is 0 Å². The van der Waals surface area contributed by atoms with Gasteiger partial charge in [-0.05, 0) is 23.8 Å². The maximum atomic E-state index is 9.49. The fourth-order valence-corrected chi connectivity index (χ4v) is 3.70. The first-order chi connectivity index (χ1) is 16.2. The number of aromatic nitrogens is 3. The smallest absolute Gasteiger partial charge is 0.227 e. The second kappa shape index (κ2) is 10.2. The van der Waals surface area contributed by atoms with E-state index in [2.05, 4.69) is 25.2 Å². The third kappa shape index (κ3) is 4.86. The van der Waals surface area contributed by atoms with Crippen molar-refractivity contribution in [3.05, 3.63) is 48.4 Å². The normalized spacial score (nSPS) is 17.0. The van der Waals surface area contributed by atoms with Crippen LogP contribution >= 0.6 is 0 Å². The van der Waals surface area contributed by atoms with Crippen LogP contribution in [0.4, 0.5) is 17.5 Å². The molecule has 0 amide bonds. The molecule has 0 radical (unpaired) electrons. The number of allylic oxidation sites excluding steroid dienone is 1. The Morgan fingerprint density at radius 3 is 3.03 bits per heavy atom. The zero-order valence-electron chi connectivity index (χ0n) is 18.6. The van der Waals surface area contributed by atoms with Crippen LogP contribution < -0.4 is 20.7 Å². The van der Waals surface area contributed by atoms with Gasteiger partial charge >= 0.3 is 0 Å². The van der Waals surface area contributed by atoms with Crippen molar-refractivity contribution in [2.75, 3.05) is 50.7 Å². The number of nitrogens with two attached hydrogens (primary N) is 1. The van der Waals surface area contributed by atoms with E-state index in [1.54, 1.807) is 32.8 Å². The number of benzene rings is 1. The number of aliphatic hydroxyl groups excluding tert-OH is 1. The van der Waals surface area contributed by atoms with E-state index in [-0.39, 0.29) is 12.7 Å².